The van der Waals surface area contributed by atoms with Crippen molar-refractivity contribution in [2.24, 2.45) is 0 Å². The van der Waals surface area contributed by atoms with E-state index in [0.717, 1.165) is 65.7 Å². The molecule has 2 heterocycles. The van der Waals surface area contributed by atoms with Crippen LogP contribution in [0.1, 0.15) is 6.92 Å². The number of nitrogens with zero attached hydrogens (tertiary/aromatic N) is 2. The quantitative estimate of drug-likeness (QED) is 0.710. The molecule has 0 aliphatic carbocycles. The molecule has 0 aromatic heterocycles. The molecule has 0 bridgehead atoms. The van der Waals surface area contributed by atoms with E-state index in [2.05, 4.69) is 22.0 Å². The summed E-state index contributed by atoms with van der Waals surface area (Å²) in [6.45, 7) is 12.2. The highest BCUT2D eigenvalue weighted by molar-refractivity contribution is 4.70. The Balaban J connectivity index is 1.57. The zero-order chi connectivity index (χ0) is 11.9. The fourth-order valence-electron chi connectivity index (χ4n) is 2.35. The van der Waals surface area contributed by atoms with Crippen molar-refractivity contribution in [3.63, 3.8) is 0 Å². The third-order valence-electron chi connectivity index (χ3n) is 3.56. The fourth-order valence-corrected chi connectivity index (χ4v) is 2.35. The Morgan fingerprint density at radius 2 is 1.59 bits per heavy atom. The first-order valence-electron chi connectivity index (χ1n) is 6.71. The second kappa shape index (κ2) is 7.28. The van der Waals surface area contributed by atoms with E-state index in [0.29, 0.717) is 6.17 Å². The maximum absolute atomic E-state index is 5.36. The Morgan fingerprint density at radius 1 is 1.00 bits per heavy atom. The van der Waals surface area contributed by atoms with Gasteiger partial charge in [-0.15, -0.1) is 0 Å². The van der Waals surface area contributed by atoms with Gasteiger partial charge in [0.05, 0.1) is 32.6 Å². The molecular weight excluding hydrogens is 218 g/mol. The molecule has 0 radical (unpaired) electrons. The first kappa shape index (κ1) is 13.2. The van der Waals surface area contributed by atoms with Crippen molar-refractivity contribution in [3.05, 3.63) is 0 Å². The summed E-state index contributed by atoms with van der Waals surface area (Å²) in [7, 11) is 0. The number of hydrogen-bond acceptors (Lipinski definition) is 5. The first-order valence-corrected chi connectivity index (χ1v) is 6.71. The van der Waals surface area contributed by atoms with Crippen LogP contribution >= 0.6 is 0 Å². The van der Waals surface area contributed by atoms with Gasteiger partial charge >= 0.3 is 0 Å². The average molecular weight is 243 g/mol. The molecule has 100 valence electrons. The summed E-state index contributed by atoms with van der Waals surface area (Å²) in [6, 6.07) is 0. The second-order valence-corrected chi connectivity index (χ2v) is 4.73. The second-order valence-electron chi connectivity index (χ2n) is 4.73. The summed E-state index contributed by atoms with van der Waals surface area (Å²) in [5, 5.41) is 3.59. The SMILES string of the molecule is CC(NCCN1CCOCC1)N1CCOCC1. The maximum atomic E-state index is 5.36. The van der Waals surface area contributed by atoms with Crippen LogP contribution in [0.4, 0.5) is 0 Å². The van der Waals surface area contributed by atoms with Crippen molar-refractivity contribution in [3.8, 4) is 0 Å². The van der Waals surface area contributed by atoms with E-state index in [1.54, 1.807) is 0 Å². The molecule has 1 N–H and O–H groups in total. The van der Waals surface area contributed by atoms with Crippen molar-refractivity contribution in [1.82, 2.24) is 15.1 Å². The predicted octanol–water partition coefficient (Wildman–Crippen LogP) is -0.414. The summed E-state index contributed by atoms with van der Waals surface area (Å²) in [4.78, 5) is 4.91. The standard InChI is InChI=1S/C12H25N3O2/c1-12(15-6-10-17-11-7-15)13-2-3-14-4-8-16-9-5-14/h12-13H,2-11H2,1H3. The topological polar surface area (TPSA) is 37.0 Å². The van der Waals surface area contributed by atoms with Crippen molar-refractivity contribution >= 4 is 0 Å². The van der Waals surface area contributed by atoms with Crippen LogP contribution in [0.5, 0.6) is 0 Å². The van der Waals surface area contributed by atoms with Crippen molar-refractivity contribution in [2.75, 3.05) is 65.7 Å². The molecule has 2 aliphatic heterocycles. The Bertz CT molecular complexity index is 204. The van der Waals surface area contributed by atoms with E-state index in [9.17, 15) is 0 Å². The van der Waals surface area contributed by atoms with E-state index in [1.165, 1.54) is 0 Å². The summed E-state index contributed by atoms with van der Waals surface area (Å²) >= 11 is 0. The van der Waals surface area contributed by atoms with Crippen molar-refractivity contribution < 1.29 is 9.47 Å². The van der Waals surface area contributed by atoms with Gasteiger partial charge in [0, 0.05) is 39.3 Å². The van der Waals surface area contributed by atoms with Gasteiger partial charge in [0.25, 0.3) is 0 Å². The van der Waals surface area contributed by atoms with E-state index in [-0.39, 0.29) is 0 Å². The molecule has 0 aromatic rings. The molecule has 2 rings (SSSR count). The Labute approximate surface area is 104 Å². The summed E-state index contributed by atoms with van der Waals surface area (Å²) in [5.74, 6) is 0. The zero-order valence-corrected chi connectivity index (χ0v) is 10.9. The average Bonchev–Trinajstić information content (AvgIpc) is 2.41. The molecule has 2 aliphatic rings. The summed E-state index contributed by atoms with van der Waals surface area (Å²) in [6.07, 6.45) is 0.458. The monoisotopic (exact) mass is 243 g/mol. The third kappa shape index (κ3) is 4.52. The van der Waals surface area contributed by atoms with Crippen LogP contribution in [0, 0.1) is 0 Å². The van der Waals surface area contributed by atoms with Crippen molar-refractivity contribution in [2.45, 2.75) is 13.1 Å². The summed E-state index contributed by atoms with van der Waals surface area (Å²) < 4.78 is 10.7. The van der Waals surface area contributed by atoms with Crippen LogP contribution in [-0.2, 0) is 9.47 Å². The molecule has 17 heavy (non-hydrogen) atoms. The lowest BCUT2D eigenvalue weighted by molar-refractivity contribution is 0.0104. The third-order valence-corrected chi connectivity index (χ3v) is 3.56. The lowest BCUT2D eigenvalue weighted by atomic mass is 10.3. The molecule has 2 fully saturated rings. The highest BCUT2D eigenvalue weighted by Gasteiger charge is 2.16. The van der Waals surface area contributed by atoms with Crippen LogP contribution in [0.15, 0.2) is 0 Å². The molecule has 1 atom stereocenters. The molecule has 0 saturated carbocycles. The van der Waals surface area contributed by atoms with Gasteiger partial charge in [-0.25, -0.2) is 0 Å². The number of ether oxygens (including phenoxy) is 2. The lowest BCUT2D eigenvalue weighted by Crippen LogP contribution is -2.51. The highest BCUT2D eigenvalue weighted by atomic mass is 16.5. The molecule has 2 saturated heterocycles. The van der Waals surface area contributed by atoms with Gasteiger partial charge in [-0.05, 0) is 6.92 Å². The number of morpholine rings is 2. The molecule has 0 amide bonds. The van der Waals surface area contributed by atoms with Crippen LogP contribution in [0.25, 0.3) is 0 Å². The predicted molar refractivity (Wildman–Crippen MR) is 67.1 cm³/mol. The lowest BCUT2D eigenvalue weighted by Gasteiger charge is -2.33. The number of nitrogens with one attached hydrogen (secondary N) is 1. The zero-order valence-electron chi connectivity index (χ0n) is 10.9. The van der Waals surface area contributed by atoms with E-state index < -0.39 is 0 Å². The van der Waals surface area contributed by atoms with Gasteiger partial charge in [0.15, 0.2) is 0 Å². The van der Waals surface area contributed by atoms with Crippen molar-refractivity contribution in [1.29, 1.82) is 0 Å². The molecular formula is C12H25N3O2. The Morgan fingerprint density at radius 3 is 2.24 bits per heavy atom. The van der Waals surface area contributed by atoms with Gasteiger partial charge in [-0.2, -0.15) is 0 Å². The Hall–Kier alpha value is -0.200. The number of rotatable bonds is 5. The molecule has 0 aromatic carbocycles. The van der Waals surface area contributed by atoms with Crippen LogP contribution in [0.3, 0.4) is 0 Å². The Kier molecular flexibility index (Phi) is 5.67. The minimum Gasteiger partial charge on any atom is -0.379 e. The van der Waals surface area contributed by atoms with Gasteiger partial charge < -0.3 is 14.8 Å². The number of hydrogen-bond donors (Lipinski definition) is 1. The highest BCUT2D eigenvalue weighted by Crippen LogP contribution is 2.01. The van der Waals surface area contributed by atoms with Crippen LogP contribution in [-0.4, -0.2) is 81.7 Å². The van der Waals surface area contributed by atoms with Gasteiger partial charge in [0.1, 0.15) is 0 Å². The largest absolute Gasteiger partial charge is 0.379 e. The minimum absolute atomic E-state index is 0.458. The minimum atomic E-state index is 0.458. The van der Waals surface area contributed by atoms with Gasteiger partial charge in [-0.3, -0.25) is 9.80 Å². The van der Waals surface area contributed by atoms with Gasteiger partial charge in [0.2, 0.25) is 0 Å². The molecule has 0 spiro atoms. The maximum Gasteiger partial charge on any atom is 0.0594 e. The van der Waals surface area contributed by atoms with E-state index in [1.807, 2.05) is 0 Å². The molecule has 5 heteroatoms. The molecule has 1 unspecified atom stereocenters. The van der Waals surface area contributed by atoms with Crippen LogP contribution < -0.4 is 5.32 Å². The first-order chi connectivity index (χ1) is 8.36. The summed E-state index contributed by atoms with van der Waals surface area (Å²) in [5.41, 5.74) is 0. The fraction of sp³-hybridized carbons (Fsp3) is 1.00. The molecule has 5 nitrogen and oxygen atoms in total. The normalized spacial score (nSPS) is 25.9. The van der Waals surface area contributed by atoms with E-state index in [4.69, 9.17) is 9.47 Å². The van der Waals surface area contributed by atoms with Gasteiger partial charge in [-0.1, -0.05) is 0 Å². The van der Waals surface area contributed by atoms with Crippen LogP contribution in [0.2, 0.25) is 0 Å². The smallest absolute Gasteiger partial charge is 0.0594 e. The van der Waals surface area contributed by atoms with E-state index >= 15 is 0 Å².